The van der Waals surface area contributed by atoms with Gasteiger partial charge in [-0.1, -0.05) is 13.8 Å². The predicted octanol–water partition coefficient (Wildman–Crippen LogP) is 3.45. The number of methoxy groups -OCH3 is 1. The smallest absolute Gasteiger partial charge is 0.312 e. The van der Waals surface area contributed by atoms with Crippen LogP contribution in [-0.2, 0) is 0 Å². The van der Waals surface area contributed by atoms with E-state index in [1.54, 1.807) is 12.1 Å². The average molecular weight is 252 g/mol. The highest BCUT2D eigenvalue weighted by molar-refractivity contribution is 5.58. The van der Waals surface area contributed by atoms with Crippen LogP contribution in [0.25, 0.3) is 0 Å². The molecule has 1 aromatic carbocycles. The van der Waals surface area contributed by atoms with Crippen LogP contribution in [-0.4, -0.2) is 18.1 Å². The van der Waals surface area contributed by atoms with Crippen LogP contribution in [0.4, 0.5) is 11.4 Å². The van der Waals surface area contributed by atoms with Crippen molar-refractivity contribution in [2.75, 3.05) is 12.4 Å². The van der Waals surface area contributed by atoms with Gasteiger partial charge in [0, 0.05) is 17.8 Å². The highest BCUT2D eigenvalue weighted by Crippen LogP contribution is 2.30. The maximum Gasteiger partial charge on any atom is 0.312 e. The largest absolute Gasteiger partial charge is 0.490 e. The van der Waals surface area contributed by atoms with Crippen molar-refractivity contribution in [2.24, 2.45) is 5.92 Å². The minimum atomic E-state index is -0.433. The molecular formula is C13H20N2O3. The summed E-state index contributed by atoms with van der Waals surface area (Å²) in [6.45, 7) is 6.36. The van der Waals surface area contributed by atoms with Crippen LogP contribution in [0, 0.1) is 16.0 Å². The second-order valence-corrected chi connectivity index (χ2v) is 4.82. The highest BCUT2D eigenvalue weighted by atomic mass is 16.6. The molecule has 0 aliphatic rings. The van der Waals surface area contributed by atoms with E-state index in [1.165, 1.54) is 13.2 Å². The minimum Gasteiger partial charge on any atom is -0.490 e. The molecule has 0 heterocycles. The molecule has 1 aromatic rings. The monoisotopic (exact) mass is 252 g/mol. The van der Waals surface area contributed by atoms with Gasteiger partial charge in [0.15, 0.2) is 5.75 Å². The van der Waals surface area contributed by atoms with E-state index in [1.807, 2.05) is 0 Å². The Balaban J connectivity index is 2.85. The van der Waals surface area contributed by atoms with E-state index >= 15 is 0 Å². The van der Waals surface area contributed by atoms with Gasteiger partial charge in [0.05, 0.1) is 12.0 Å². The molecule has 5 nitrogen and oxygen atoms in total. The van der Waals surface area contributed by atoms with E-state index in [-0.39, 0.29) is 17.5 Å². The molecule has 0 saturated heterocycles. The molecule has 0 saturated carbocycles. The van der Waals surface area contributed by atoms with Crippen molar-refractivity contribution in [3.8, 4) is 5.75 Å². The Morgan fingerprint density at radius 2 is 2.06 bits per heavy atom. The van der Waals surface area contributed by atoms with Crippen molar-refractivity contribution in [1.82, 2.24) is 0 Å². The Hall–Kier alpha value is -1.78. The standard InChI is InChI=1S/C13H20N2O3/c1-9(2)7-10(3)14-11-5-6-13(18-4)12(8-11)15(16)17/h5-6,8-10,14H,7H2,1-4H3. The number of rotatable bonds is 6. The van der Waals surface area contributed by atoms with Gasteiger partial charge in [-0.15, -0.1) is 0 Å². The molecule has 0 spiro atoms. The summed E-state index contributed by atoms with van der Waals surface area (Å²) in [6.07, 6.45) is 1.01. The number of ether oxygens (including phenoxy) is 1. The number of hydrogen-bond acceptors (Lipinski definition) is 4. The lowest BCUT2D eigenvalue weighted by molar-refractivity contribution is -0.385. The summed E-state index contributed by atoms with van der Waals surface area (Å²) in [7, 11) is 1.43. The first-order valence-electron chi connectivity index (χ1n) is 6.03. The number of nitro benzene ring substituents is 1. The lowest BCUT2D eigenvalue weighted by Crippen LogP contribution is -2.17. The maximum atomic E-state index is 10.9. The zero-order valence-corrected chi connectivity index (χ0v) is 11.3. The molecule has 100 valence electrons. The maximum absolute atomic E-state index is 10.9. The van der Waals surface area contributed by atoms with E-state index in [0.717, 1.165) is 12.1 Å². The highest BCUT2D eigenvalue weighted by Gasteiger charge is 2.16. The fraction of sp³-hybridized carbons (Fsp3) is 0.538. The van der Waals surface area contributed by atoms with Crippen LogP contribution in [0.2, 0.25) is 0 Å². The third-order valence-corrected chi connectivity index (χ3v) is 2.61. The van der Waals surface area contributed by atoms with Crippen LogP contribution in [0.3, 0.4) is 0 Å². The van der Waals surface area contributed by atoms with Gasteiger partial charge in [-0.2, -0.15) is 0 Å². The molecule has 0 aliphatic heterocycles. The number of nitrogens with zero attached hydrogens (tertiary/aromatic N) is 1. The van der Waals surface area contributed by atoms with Crippen molar-refractivity contribution >= 4 is 11.4 Å². The van der Waals surface area contributed by atoms with E-state index in [2.05, 4.69) is 26.1 Å². The number of benzene rings is 1. The zero-order chi connectivity index (χ0) is 13.7. The Kier molecular flexibility index (Phi) is 4.95. The molecular weight excluding hydrogens is 232 g/mol. The van der Waals surface area contributed by atoms with Gasteiger partial charge < -0.3 is 10.1 Å². The topological polar surface area (TPSA) is 64.4 Å². The molecule has 18 heavy (non-hydrogen) atoms. The van der Waals surface area contributed by atoms with E-state index in [4.69, 9.17) is 4.74 Å². The first-order chi connectivity index (χ1) is 8.43. The summed E-state index contributed by atoms with van der Waals surface area (Å²) in [5, 5.41) is 14.2. The molecule has 0 radical (unpaired) electrons. The Morgan fingerprint density at radius 1 is 1.39 bits per heavy atom. The second-order valence-electron chi connectivity index (χ2n) is 4.82. The fourth-order valence-corrected chi connectivity index (χ4v) is 1.97. The van der Waals surface area contributed by atoms with E-state index < -0.39 is 4.92 Å². The van der Waals surface area contributed by atoms with Crippen LogP contribution < -0.4 is 10.1 Å². The molecule has 5 heteroatoms. The number of hydrogen-bond donors (Lipinski definition) is 1. The zero-order valence-electron chi connectivity index (χ0n) is 11.3. The number of anilines is 1. The second kappa shape index (κ2) is 6.23. The molecule has 0 bridgehead atoms. The van der Waals surface area contributed by atoms with Crippen LogP contribution in [0.15, 0.2) is 18.2 Å². The van der Waals surface area contributed by atoms with Gasteiger partial charge in [-0.05, 0) is 31.4 Å². The third kappa shape index (κ3) is 3.91. The van der Waals surface area contributed by atoms with Gasteiger partial charge in [-0.3, -0.25) is 10.1 Å². The minimum absolute atomic E-state index is 0.0146. The molecule has 0 amide bonds. The molecule has 0 fully saturated rings. The summed E-state index contributed by atoms with van der Waals surface area (Å²) in [4.78, 5) is 10.5. The van der Waals surface area contributed by atoms with E-state index in [9.17, 15) is 10.1 Å². The van der Waals surface area contributed by atoms with Crippen LogP contribution in [0.1, 0.15) is 27.2 Å². The summed E-state index contributed by atoms with van der Waals surface area (Å²) < 4.78 is 4.96. The molecule has 1 rings (SSSR count). The van der Waals surface area contributed by atoms with E-state index in [0.29, 0.717) is 5.92 Å². The molecule has 1 N–H and O–H groups in total. The third-order valence-electron chi connectivity index (χ3n) is 2.61. The first kappa shape index (κ1) is 14.3. The SMILES string of the molecule is COc1ccc(NC(C)CC(C)C)cc1[N+](=O)[O-]. The number of nitrogens with one attached hydrogen (secondary N) is 1. The molecule has 1 unspecified atom stereocenters. The van der Waals surface area contributed by atoms with Crippen molar-refractivity contribution in [2.45, 2.75) is 33.2 Å². The van der Waals surface area contributed by atoms with Crippen LogP contribution >= 0.6 is 0 Å². The predicted molar refractivity (Wildman–Crippen MR) is 72.2 cm³/mol. The Morgan fingerprint density at radius 3 is 2.56 bits per heavy atom. The summed E-state index contributed by atoms with van der Waals surface area (Å²) in [6, 6.07) is 5.19. The fourth-order valence-electron chi connectivity index (χ4n) is 1.97. The van der Waals surface area contributed by atoms with Gasteiger partial charge in [0.25, 0.3) is 0 Å². The average Bonchev–Trinajstić information content (AvgIpc) is 2.27. The van der Waals surface area contributed by atoms with Gasteiger partial charge in [0.2, 0.25) is 0 Å². The summed E-state index contributed by atoms with van der Waals surface area (Å²) in [5.74, 6) is 0.864. The lowest BCUT2D eigenvalue weighted by Gasteiger charge is -2.17. The lowest BCUT2D eigenvalue weighted by atomic mass is 10.1. The van der Waals surface area contributed by atoms with Gasteiger partial charge in [0.1, 0.15) is 0 Å². The van der Waals surface area contributed by atoms with Crippen LogP contribution in [0.5, 0.6) is 5.75 Å². The molecule has 0 aromatic heterocycles. The number of nitro groups is 1. The molecule has 0 aliphatic carbocycles. The summed E-state index contributed by atoms with van der Waals surface area (Å²) >= 11 is 0. The van der Waals surface area contributed by atoms with Gasteiger partial charge in [-0.25, -0.2) is 0 Å². The summed E-state index contributed by atoms with van der Waals surface area (Å²) in [5.41, 5.74) is 0.731. The molecule has 1 atom stereocenters. The van der Waals surface area contributed by atoms with Crippen molar-refractivity contribution in [3.63, 3.8) is 0 Å². The van der Waals surface area contributed by atoms with Crippen molar-refractivity contribution in [3.05, 3.63) is 28.3 Å². The van der Waals surface area contributed by atoms with Crippen molar-refractivity contribution in [1.29, 1.82) is 0 Å². The Bertz CT molecular complexity index is 419. The van der Waals surface area contributed by atoms with Gasteiger partial charge >= 0.3 is 5.69 Å². The Labute approximate surface area is 107 Å². The first-order valence-corrected chi connectivity index (χ1v) is 6.03. The normalized spacial score (nSPS) is 12.3. The quantitative estimate of drug-likeness (QED) is 0.622. The van der Waals surface area contributed by atoms with Crippen molar-refractivity contribution < 1.29 is 9.66 Å².